The Morgan fingerprint density at radius 1 is 1.41 bits per heavy atom. The van der Waals surface area contributed by atoms with Gasteiger partial charge in [-0.25, -0.2) is 9.37 Å². The number of hydrogen-bond acceptors (Lipinski definition) is 3. The summed E-state index contributed by atoms with van der Waals surface area (Å²) in [5.74, 6) is 0.663. The van der Waals surface area contributed by atoms with Gasteiger partial charge in [-0.05, 0) is 30.2 Å². The lowest BCUT2D eigenvalue weighted by molar-refractivity contribution is 0.617. The zero-order valence-corrected chi connectivity index (χ0v) is 9.70. The van der Waals surface area contributed by atoms with Crippen LogP contribution in [-0.4, -0.2) is 21.7 Å². The van der Waals surface area contributed by atoms with Crippen LogP contribution < -0.4 is 5.32 Å². The van der Waals surface area contributed by atoms with Crippen molar-refractivity contribution in [2.75, 3.05) is 6.54 Å². The van der Waals surface area contributed by atoms with E-state index in [1.807, 2.05) is 6.92 Å². The van der Waals surface area contributed by atoms with E-state index in [0.29, 0.717) is 6.54 Å². The van der Waals surface area contributed by atoms with Crippen molar-refractivity contribution in [1.82, 2.24) is 20.5 Å². The third kappa shape index (κ3) is 3.35. The number of hydrogen-bond donors (Lipinski definition) is 2. The fourth-order valence-electron chi connectivity index (χ4n) is 1.61. The Kier molecular flexibility index (Phi) is 3.82. The van der Waals surface area contributed by atoms with Crippen molar-refractivity contribution >= 4 is 0 Å². The molecule has 0 unspecified atom stereocenters. The molecule has 17 heavy (non-hydrogen) atoms. The molecule has 0 aliphatic carbocycles. The van der Waals surface area contributed by atoms with Crippen molar-refractivity contribution in [3.63, 3.8) is 0 Å². The van der Waals surface area contributed by atoms with Gasteiger partial charge in [0.05, 0.1) is 0 Å². The lowest BCUT2D eigenvalue weighted by Crippen LogP contribution is -2.18. The zero-order valence-electron chi connectivity index (χ0n) is 9.70. The van der Waals surface area contributed by atoms with Crippen LogP contribution in [0.15, 0.2) is 24.5 Å². The number of nitrogens with zero attached hydrogens (tertiary/aromatic N) is 2. The minimum absolute atomic E-state index is 0.192. The number of rotatable bonds is 5. The maximum Gasteiger partial charge on any atom is 0.137 e. The number of aromatic nitrogens is 3. The second-order valence-corrected chi connectivity index (χ2v) is 3.93. The van der Waals surface area contributed by atoms with Crippen molar-refractivity contribution in [3.05, 3.63) is 47.3 Å². The van der Waals surface area contributed by atoms with Gasteiger partial charge in [0.1, 0.15) is 18.0 Å². The lowest BCUT2D eigenvalue weighted by Gasteiger charge is -2.07. The summed E-state index contributed by atoms with van der Waals surface area (Å²) in [5, 5.41) is 9.82. The molecule has 2 rings (SSSR count). The van der Waals surface area contributed by atoms with Gasteiger partial charge in [-0.1, -0.05) is 6.07 Å². The molecule has 0 radical (unpaired) electrons. The van der Waals surface area contributed by atoms with E-state index in [1.165, 1.54) is 12.4 Å². The normalized spacial score (nSPS) is 10.7. The number of halogens is 1. The Morgan fingerprint density at radius 3 is 3.06 bits per heavy atom. The Balaban J connectivity index is 1.80. The van der Waals surface area contributed by atoms with E-state index in [9.17, 15) is 4.39 Å². The van der Waals surface area contributed by atoms with Crippen LogP contribution in [0, 0.1) is 12.7 Å². The van der Waals surface area contributed by atoms with Crippen LogP contribution in [0.5, 0.6) is 0 Å². The van der Waals surface area contributed by atoms with Gasteiger partial charge < -0.3 is 5.32 Å². The predicted molar refractivity (Wildman–Crippen MR) is 62.9 cm³/mol. The van der Waals surface area contributed by atoms with Crippen LogP contribution in [0.2, 0.25) is 0 Å². The minimum atomic E-state index is -0.192. The van der Waals surface area contributed by atoms with Crippen molar-refractivity contribution in [1.29, 1.82) is 0 Å². The highest BCUT2D eigenvalue weighted by molar-refractivity contribution is 5.26. The SMILES string of the molecule is Cc1ccc(F)cc1CNCCc1ncn[nH]1. The third-order valence-electron chi connectivity index (χ3n) is 2.63. The molecule has 0 atom stereocenters. The molecule has 0 saturated heterocycles. The molecule has 0 bridgehead atoms. The third-order valence-corrected chi connectivity index (χ3v) is 2.63. The van der Waals surface area contributed by atoms with Crippen LogP contribution in [0.25, 0.3) is 0 Å². The van der Waals surface area contributed by atoms with E-state index in [-0.39, 0.29) is 5.82 Å². The Hall–Kier alpha value is -1.75. The zero-order chi connectivity index (χ0) is 12.1. The Labute approximate surface area is 99.3 Å². The number of aryl methyl sites for hydroxylation is 1. The van der Waals surface area contributed by atoms with E-state index < -0.39 is 0 Å². The van der Waals surface area contributed by atoms with Gasteiger partial charge in [-0.15, -0.1) is 0 Å². The summed E-state index contributed by atoms with van der Waals surface area (Å²) >= 11 is 0. The number of nitrogens with one attached hydrogen (secondary N) is 2. The second kappa shape index (κ2) is 5.54. The van der Waals surface area contributed by atoms with Gasteiger partial charge in [0, 0.05) is 19.5 Å². The molecule has 5 heteroatoms. The number of benzene rings is 1. The summed E-state index contributed by atoms with van der Waals surface area (Å²) < 4.78 is 13.0. The molecular weight excluding hydrogens is 219 g/mol. The van der Waals surface area contributed by atoms with Crippen molar-refractivity contribution in [2.45, 2.75) is 19.9 Å². The molecule has 0 spiro atoms. The molecule has 0 saturated carbocycles. The Bertz CT molecular complexity index is 467. The monoisotopic (exact) mass is 234 g/mol. The van der Waals surface area contributed by atoms with E-state index in [1.54, 1.807) is 12.1 Å². The average Bonchev–Trinajstić information content (AvgIpc) is 2.82. The van der Waals surface area contributed by atoms with E-state index in [2.05, 4.69) is 20.5 Å². The molecule has 1 aromatic heterocycles. The fraction of sp³-hybridized carbons (Fsp3) is 0.333. The molecule has 1 heterocycles. The maximum atomic E-state index is 13.0. The van der Waals surface area contributed by atoms with Crippen molar-refractivity contribution < 1.29 is 4.39 Å². The van der Waals surface area contributed by atoms with Gasteiger partial charge in [-0.3, -0.25) is 5.10 Å². The van der Waals surface area contributed by atoms with Gasteiger partial charge in [0.25, 0.3) is 0 Å². The molecule has 0 amide bonds. The van der Waals surface area contributed by atoms with Gasteiger partial charge in [0.15, 0.2) is 0 Å². The average molecular weight is 234 g/mol. The largest absolute Gasteiger partial charge is 0.312 e. The number of aromatic amines is 1. The molecule has 0 fully saturated rings. The van der Waals surface area contributed by atoms with Gasteiger partial charge in [-0.2, -0.15) is 5.10 Å². The lowest BCUT2D eigenvalue weighted by atomic mass is 10.1. The molecule has 1 aromatic carbocycles. The van der Waals surface area contributed by atoms with Crippen molar-refractivity contribution in [3.8, 4) is 0 Å². The quantitative estimate of drug-likeness (QED) is 0.772. The first-order valence-electron chi connectivity index (χ1n) is 5.55. The summed E-state index contributed by atoms with van der Waals surface area (Å²) in [6.45, 7) is 3.43. The summed E-state index contributed by atoms with van der Waals surface area (Å²) in [5.41, 5.74) is 2.08. The maximum absolute atomic E-state index is 13.0. The van der Waals surface area contributed by atoms with Crippen LogP contribution >= 0.6 is 0 Å². The molecular formula is C12H15FN4. The molecule has 0 aliphatic rings. The first-order chi connectivity index (χ1) is 8.25. The highest BCUT2D eigenvalue weighted by Gasteiger charge is 2.00. The smallest absolute Gasteiger partial charge is 0.137 e. The van der Waals surface area contributed by atoms with Crippen LogP contribution in [-0.2, 0) is 13.0 Å². The predicted octanol–water partition coefficient (Wildman–Crippen LogP) is 1.58. The topological polar surface area (TPSA) is 53.6 Å². The standard InChI is InChI=1S/C12H15FN4/c1-9-2-3-11(13)6-10(9)7-14-5-4-12-15-8-16-17-12/h2-3,6,8,14H,4-5,7H2,1H3,(H,15,16,17). The Morgan fingerprint density at radius 2 is 2.29 bits per heavy atom. The fourth-order valence-corrected chi connectivity index (χ4v) is 1.61. The molecule has 0 aliphatic heterocycles. The van der Waals surface area contributed by atoms with E-state index >= 15 is 0 Å². The summed E-state index contributed by atoms with van der Waals surface area (Å²) in [6.07, 6.45) is 2.28. The highest BCUT2D eigenvalue weighted by atomic mass is 19.1. The van der Waals surface area contributed by atoms with Gasteiger partial charge in [0.2, 0.25) is 0 Å². The molecule has 90 valence electrons. The van der Waals surface area contributed by atoms with Gasteiger partial charge >= 0.3 is 0 Å². The highest BCUT2D eigenvalue weighted by Crippen LogP contribution is 2.09. The summed E-state index contributed by atoms with van der Waals surface area (Å²) in [7, 11) is 0. The molecule has 2 aromatic rings. The van der Waals surface area contributed by atoms with E-state index in [0.717, 1.165) is 29.9 Å². The van der Waals surface area contributed by atoms with Crippen molar-refractivity contribution in [2.24, 2.45) is 0 Å². The van der Waals surface area contributed by atoms with Crippen LogP contribution in [0.3, 0.4) is 0 Å². The first-order valence-corrected chi connectivity index (χ1v) is 5.55. The van der Waals surface area contributed by atoms with Crippen LogP contribution in [0.4, 0.5) is 4.39 Å². The summed E-state index contributed by atoms with van der Waals surface area (Å²) in [4.78, 5) is 4.03. The van der Waals surface area contributed by atoms with Crippen LogP contribution in [0.1, 0.15) is 17.0 Å². The number of H-pyrrole nitrogens is 1. The molecule has 4 nitrogen and oxygen atoms in total. The molecule has 2 N–H and O–H groups in total. The minimum Gasteiger partial charge on any atom is -0.312 e. The second-order valence-electron chi connectivity index (χ2n) is 3.93. The van der Waals surface area contributed by atoms with E-state index in [4.69, 9.17) is 0 Å². The summed E-state index contributed by atoms with van der Waals surface area (Å²) in [6, 6.07) is 4.84. The first kappa shape index (κ1) is 11.7.